The fourth-order valence-corrected chi connectivity index (χ4v) is 8.85. The lowest BCUT2D eigenvalue weighted by Crippen LogP contribution is -2.09. The van der Waals surface area contributed by atoms with Gasteiger partial charge in [-0.1, -0.05) is 145 Å². The van der Waals surface area contributed by atoms with E-state index in [1.54, 1.807) is 4.57 Å². The van der Waals surface area contributed by atoms with E-state index in [1.807, 2.05) is 60.7 Å². The second kappa shape index (κ2) is 12.6. The van der Waals surface area contributed by atoms with Gasteiger partial charge in [0.25, 0.3) is 0 Å². The maximum atomic E-state index is 10.0. The van der Waals surface area contributed by atoms with Gasteiger partial charge in [0.1, 0.15) is 0 Å². The van der Waals surface area contributed by atoms with Gasteiger partial charge in [0, 0.05) is 49.6 Å². The van der Waals surface area contributed by atoms with Crippen LogP contribution in [0, 0.1) is 0 Å². The molecule has 8 aromatic carbocycles. The third kappa shape index (κ3) is 4.85. The van der Waals surface area contributed by atoms with E-state index in [0.29, 0.717) is 24.1 Å². The molecule has 0 N–H and O–H groups in total. The molecule has 0 fully saturated rings. The predicted octanol–water partition coefficient (Wildman–Crippen LogP) is 14.0. The van der Waals surface area contributed by atoms with Crippen molar-refractivity contribution < 1.29 is 17.8 Å². The topological polar surface area (TPSA) is 14.8 Å². The first kappa shape index (κ1) is 21.7. The number of benzene rings is 8. The average molecular weight is 741 g/mol. The van der Waals surface area contributed by atoms with Crippen LogP contribution in [0.5, 0.6) is 0 Å². The molecule has 0 unspecified atom stereocenters. The monoisotopic (exact) mass is 740 g/mol. The fourth-order valence-electron chi connectivity index (χ4n) is 8.85. The first-order chi connectivity index (χ1) is 33.7. The molecule has 3 heterocycles. The lowest BCUT2D eigenvalue weighted by atomic mass is 9.97. The van der Waals surface area contributed by atoms with E-state index in [-0.39, 0.29) is 5.69 Å². The zero-order chi connectivity index (χ0) is 48.8. The molecule has 0 amide bonds. The van der Waals surface area contributed by atoms with Crippen molar-refractivity contribution in [1.82, 2.24) is 13.7 Å². The molecule has 0 aliphatic heterocycles. The summed E-state index contributed by atoms with van der Waals surface area (Å²) in [5.74, 6) is 0. The van der Waals surface area contributed by atoms with Gasteiger partial charge in [0.2, 0.25) is 0 Å². The number of nitrogens with zero attached hydrogens (tertiary/aromatic N) is 3. The molecule has 3 aromatic heterocycles. The normalized spacial score (nSPS) is 16.1. The van der Waals surface area contributed by atoms with Crippen molar-refractivity contribution in [3.8, 4) is 33.6 Å². The maximum Gasteiger partial charge on any atom is 0.0651 e. The minimum absolute atomic E-state index is 0.144. The van der Waals surface area contributed by atoms with E-state index in [0.717, 1.165) is 65.9 Å². The van der Waals surface area contributed by atoms with E-state index in [2.05, 4.69) is 69.8 Å². The average Bonchev–Trinajstić information content (AvgIpc) is 4.01. The van der Waals surface area contributed by atoms with Crippen LogP contribution in [0.1, 0.15) is 35.5 Å². The van der Waals surface area contributed by atoms with Crippen LogP contribution in [0.15, 0.2) is 200 Å². The Morgan fingerprint density at radius 3 is 1.47 bits per heavy atom. The molecule has 268 valence electrons. The molecule has 0 saturated heterocycles. The highest BCUT2D eigenvalue weighted by atomic mass is 15.0. The summed E-state index contributed by atoms with van der Waals surface area (Å²) in [4.78, 5) is 0. The van der Waals surface area contributed by atoms with E-state index < -0.39 is 101 Å². The van der Waals surface area contributed by atoms with E-state index in [4.69, 9.17) is 13.7 Å². The van der Waals surface area contributed by atoms with Crippen LogP contribution < -0.4 is 0 Å². The molecule has 0 spiro atoms. The highest BCUT2D eigenvalue weighted by Gasteiger charge is 2.27. The summed E-state index contributed by atoms with van der Waals surface area (Å²) in [5, 5.41) is 5.09. The summed E-state index contributed by atoms with van der Waals surface area (Å²) in [5.41, 5.74) is 5.87. The molecule has 0 radical (unpaired) electrons. The van der Waals surface area contributed by atoms with Crippen LogP contribution in [0.25, 0.3) is 93.8 Å². The maximum absolute atomic E-state index is 10.0. The van der Waals surface area contributed by atoms with Gasteiger partial charge in [-0.2, -0.15) is 0 Å². The molecule has 11 aromatic rings. The molecule has 57 heavy (non-hydrogen) atoms. The summed E-state index contributed by atoms with van der Waals surface area (Å²) >= 11 is 0. The number of aromatic nitrogens is 3. The first-order valence-electron chi connectivity index (χ1n) is 25.4. The van der Waals surface area contributed by atoms with E-state index in [1.165, 1.54) is 0 Å². The summed E-state index contributed by atoms with van der Waals surface area (Å²) in [6, 6.07) is 30.3. The quantitative estimate of drug-likeness (QED) is 0.167. The Bertz CT molecular complexity index is 3970. The molecule has 12 rings (SSSR count). The van der Waals surface area contributed by atoms with Crippen molar-refractivity contribution in [2.75, 3.05) is 0 Å². The minimum atomic E-state index is -0.707. The van der Waals surface area contributed by atoms with Crippen molar-refractivity contribution in [3.05, 3.63) is 211 Å². The highest BCUT2D eigenvalue weighted by Crippen LogP contribution is 2.44. The Hall–Kier alpha value is -7.36. The van der Waals surface area contributed by atoms with Crippen molar-refractivity contribution in [1.29, 1.82) is 0 Å². The third-order valence-corrected chi connectivity index (χ3v) is 11.1. The molecular formula is C54H37N3. The Labute approximate surface area is 348 Å². The third-order valence-electron chi connectivity index (χ3n) is 11.1. The van der Waals surface area contributed by atoms with Crippen LogP contribution >= 0.6 is 0 Å². The lowest BCUT2D eigenvalue weighted by molar-refractivity contribution is 0.875. The molecule has 1 aliphatic carbocycles. The molecular weight excluding hydrogens is 691 g/mol. The van der Waals surface area contributed by atoms with Gasteiger partial charge < -0.3 is 13.7 Å². The Kier molecular flexibility index (Phi) is 4.78. The molecule has 0 atom stereocenters. The van der Waals surface area contributed by atoms with Crippen molar-refractivity contribution in [3.63, 3.8) is 0 Å². The van der Waals surface area contributed by atoms with Gasteiger partial charge in [-0.25, -0.2) is 0 Å². The molecule has 3 heteroatoms. The van der Waals surface area contributed by atoms with Crippen LogP contribution in [0.2, 0.25) is 0 Å². The number of fused-ring (bicyclic) bond motifs is 9. The number of para-hydroxylation sites is 4. The van der Waals surface area contributed by atoms with Crippen molar-refractivity contribution in [2.24, 2.45) is 0 Å². The summed E-state index contributed by atoms with van der Waals surface area (Å²) in [7, 11) is 0. The Balaban J connectivity index is 1.18. The van der Waals surface area contributed by atoms with Crippen LogP contribution in [0.3, 0.4) is 0 Å². The van der Waals surface area contributed by atoms with Gasteiger partial charge in [-0.3, -0.25) is 0 Å². The van der Waals surface area contributed by atoms with Crippen molar-refractivity contribution >= 4 is 60.2 Å². The van der Waals surface area contributed by atoms with Crippen LogP contribution in [-0.2, 0) is 6.42 Å². The smallest absolute Gasteiger partial charge is 0.0651 e. The zero-order valence-electron chi connectivity index (χ0n) is 43.3. The number of hydrogen-bond donors (Lipinski definition) is 0. The van der Waals surface area contributed by atoms with E-state index in [9.17, 15) is 4.11 Å². The Morgan fingerprint density at radius 2 is 0.895 bits per heavy atom. The molecule has 3 nitrogen and oxygen atoms in total. The summed E-state index contributed by atoms with van der Waals surface area (Å²) in [6.07, 6.45) is 3.11. The molecule has 1 aliphatic rings. The molecule has 0 saturated carbocycles. The first-order valence-corrected chi connectivity index (χ1v) is 18.9. The van der Waals surface area contributed by atoms with Gasteiger partial charge in [-0.05, 0) is 89.6 Å². The van der Waals surface area contributed by atoms with Gasteiger partial charge in [-0.15, -0.1) is 0 Å². The Morgan fingerprint density at radius 1 is 0.404 bits per heavy atom. The predicted molar refractivity (Wildman–Crippen MR) is 240 cm³/mol. The minimum Gasteiger partial charge on any atom is -0.313 e. The lowest BCUT2D eigenvalue weighted by Gasteiger charge is -2.21. The largest absolute Gasteiger partial charge is 0.313 e. The summed E-state index contributed by atoms with van der Waals surface area (Å²) < 4.78 is 123. The fraction of sp³-hybridized carbons (Fsp3) is 0.0370. The van der Waals surface area contributed by atoms with Gasteiger partial charge in [0.05, 0.1) is 51.1 Å². The SMILES string of the molecule is [2H]c1c([2H])c([2H])c(-c2c([2H])c(-c3c([2H])c([2H])c([2H])c([2H])c3[2H])c([2H])c(-n3c4c(c5ccccc53)C(n3c5ccccc5c5ccc(-n6c7ccccc7c7ccccc76)cc53)=CCC4)c2[2H])c([2H])c1[2H]. The number of rotatable bonds is 5. The van der Waals surface area contributed by atoms with E-state index >= 15 is 0 Å². The van der Waals surface area contributed by atoms with Gasteiger partial charge in [0.15, 0.2) is 0 Å². The second-order valence-corrected chi connectivity index (χ2v) is 14.2. The molecule has 0 bridgehead atoms. The van der Waals surface area contributed by atoms with Crippen LogP contribution in [-0.4, -0.2) is 13.7 Å². The number of allylic oxidation sites excluding steroid dienone is 1. The highest BCUT2D eigenvalue weighted by molar-refractivity contribution is 6.14. The second-order valence-electron chi connectivity index (χ2n) is 14.2. The van der Waals surface area contributed by atoms with Crippen LogP contribution in [0.4, 0.5) is 0 Å². The summed E-state index contributed by atoms with van der Waals surface area (Å²) in [6.45, 7) is 0. The number of hydrogen-bond acceptors (Lipinski definition) is 0. The van der Waals surface area contributed by atoms with Crippen molar-refractivity contribution in [2.45, 2.75) is 12.8 Å². The standard InChI is InChI=1S/C54H37N3/c1-3-16-36(17-4-1)38-32-39(37-18-5-2-6-19-37)34-41(33-38)56-50-27-14-10-23-46(50)54-51(56)28-15-29-52(54)57-49-26-13-9-22-44(49)45-31-30-40(35-53(45)57)55-47-24-11-7-20-42(47)43-21-8-12-25-48(43)55/h1-14,16-27,29-35H,15,28H2/i1D,2D,3D,4D,5D,6D,16D,17D,18D,19D,32D,33D,34D. The zero-order valence-corrected chi connectivity index (χ0v) is 30.3. The van der Waals surface area contributed by atoms with Gasteiger partial charge >= 0.3 is 0 Å².